The van der Waals surface area contributed by atoms with Crippen LogP contribution in [0.3, 0.4) is 0 Å². The molecule has 0 saturated carbocycles. The highest BCUT2D eigenvalue weighted by molar-refractivity contribution is 5.43. The summed E-state index contributed by atoms with van der Waals surface area (Å²) < 4.78 is 1.80. The number of aryl methyl sites for hydroxylation is 2. The van der Waals surface area contributed by atoms with E-state index < -0.39 is 0 Å². The van der Waals surface area contributed by atoms with E-state index in [1.54, 1.807) is 11.0 Å². The number of aromatic nitrogens is 5. The maximum absolute atomic E-state index is 4.60. The van der Waals surface area contributed by atoms with Gasteiger partial charge in [0.1, 0.15) is 12.1 Å². The van der Waals surface area contributed by atoms with Crippen LogP contribution in [0.25, 0.3) is 5.82 Å². The Morgan fingerprint density at radius 1 is 0.926 bits per heavy atom. The molecule has 0 spiro atoms. The summed E-state index contributed by atoms with van der Waals surface area (Å²) in [6, 6.07) is 10.2. The molecule has 4 heterocycles. The summed E-state index contributed by atoms with van der Waals surface area (Å²) in [6.07, 6.45) is 4.55. The van der Waals surface area contributed by atoms with Gasteiger partial charge in [0, 0.05) is 62.8 Å². The van der Waals surface area contributed by atoms with E-state index in [4.69, 9.17) is 0 Å². The van der Waals surface area contributed by atoms with Crippen LogP contribution in [0.2, 0.25) is 0 Å². The molecule has 27 heavy (non-hydrogen) atoms. The third-order valence-electron chi connectivity index (χ3n) is 4.92. The fraction of sp³-hybridized carbons (Fsp3) is 0.400. The summed E-state index contributed by atoms with van der Waals surface area (Å²) in [5.41, 5.74) is 3.24. The molecule has 1 aliphatic heterocycles. The summed E-state index contributed by atoms with van der Waals surface area (Å²) in [5, 5.41) is 4.43. The minimum absolute atomic E-state index is 0.807. The molecule has 1 saturated heterocycles. The second-order valence-corrected chi connectivity index (χ2v) is 6.99. The first kappa shape index (κ1) is 17.6. The minimum Gasteiger partial charge on any atom is -0.354 e. The molecular formula is C20H25N7. The summed E-state index contributed by atoms with van der Waals surface area (Å²) in [5.74, 6) is 1.77. The fourth-order valence-electron chi connectivity index (χ4n) is 3.39. The van der Waals surface area contributed by atoms with Gasteiger partial charge in [-0.15, -0.1) is 0 Å². The monoisotopic (exact) mass is 363 g/mol. The normalized spacial score (nSPS) is 15.3. The van der Waals surface area contributed by atoms with Crippen molar-refractivity contribution >= 4 is 5.82 Å². The molecule has 3 aromatic rings. The van der Waals surface area contributed by atoms with Gasteiger partial charge in [0.2, 0.25) is 0 Å². The number of pyridine rings is 1. The van der Waals surface area contributed by atoms with Gasteiger partial charge in [-0.1, -0.05) is 6.07 Å². The molecule has 0 bridgehead atoms. The maximum Gasteiger partial charge on any atom is 0.158 e. The van der Waals surface area contributed by atoms with Crippen LogP contribution in [0.4, 0.5) is 5.82 Å². The lowest BCUT2D eigenvalue weighted by Gasteiger charge is -2.35. The average molecular weight is 363 g/mol. The molecule has 0 aliphatic carbocycles. The van der Waals surface area contributed by atoms with Gasteiger partial charge >= 0.3 is 0 Å². The van der Waals surface area contributed by atoms with Crippen molar-refractivity contribution < 1.29 is 0 Å². The van der Waals surface area contributed by atoms with Crippen molar-refractivity contribution in [3.8, 4) is 5.82 Å². The van der Waals surface area contributed by atoms with Crippen LogP contribution >= 0.6 is 0 Å². The summed E-state index contributed by atoms with van der Waals surface area (Å²) >= 11 is 0. The molecule has 0 radical (unpaired) electrons. The highest BCUT2D eigenvalue weighted by Gasteiger charge is 2.18. The fourth-order valence-corrected chi connectivity index (χ4v) is 3.39. The van der Waals surface area contributed by atoms with Gasteiger partial charge in [-0.3, -0.25) is 9.88 Å². The Morgan fingerprint density at radius 3 is 2.48 bits per heavy atom. The average Bonchev–Trinajstić information content (AvgIpc) is 3.13. The number of hydrogen-bond donors (Lipinski definition) is 0. The first-order valence-corrected chi connectivity index (χ1v) is 9.42. The predicted molar refractivity (Wildman–Crippen MR) is 105 cm³/mol. The van der Waals surface area contributed by atoms with Gasteiger partial charge in [0.15, 0.2) is 5.82 Å². The maximum atomic E-state index is 4.60. The van der Waals surface area contributed by atoms with E-state index in [0.29, 0.717) is 0 Å². The Hall–Kier alpha value is -2.80. The molecule has 0 atom stereocenters. The number of rotatable bonds is 5. The van der Waals surface area contributed by atoms with Crippen LogP contribution in [0.5, 0.6) is 0 Å². The zero-order valence-electron chi connectivity index (χ0n) is 15.9. The van der Waals surface area contributed by atoms with Crippen molar-refractivity contribution in [1.82, 2.24) is 29.6 Å². The number of piperazine rings is 1. The van der Waals surface area contributed by atoms with Crippen LogP contribution in [-0.4, -0.2) is 62.4 Å². The van der Waals surface area contributed by atoms with E-state index in [1.807, 2.05) is 38.2 Å². The molecule has 0 unspecified atom stereocenters. The number of anilines is 1. The molecule has 0 aromatic carbocycles. The van der Waals surface area contributed by atoms with E-state index in [9.17, 15) is 0 Å². The van der Waals surface area contributed by atoms with Gasteiger partial charge in [-0.25, -0.2) is 14.6 Å². The lowest BCUT2D eigenvalue weighted by Crippen LogP contribution is -2.47. The molecule has 1 aliphatic rings. The molecule has 0 amide bonds. The van der Waals surface area contributed by atoms with Crippen LogP contribution in [-0.2, 0) is 6.42 Å². The predicted octanol–water partition coefficient (Wildman–Crippen LogP) is 2.04. The smallest absolute Gasteiger partial charge is 0.158 e. The Labute approximate surface area is 159 Å². The molecule has 3 aromatic heterocycles. The summed E-state index contributed by atoms with van der Waals surface area (Å²) in [4.78, 5) is 18.2. The molecule has 4 rings (SSSR count). The first-order valence-electron chi connectivity index (χ1n) is 9.42. The molecule has 1 fully saturated rings. The Morgan fingerprint density at radius 2 is 1.74 bits per heavy atom. The third kappa shape index (κ3) is 4.31. The zero-order chi connectivity index (χ0) is 18.6. The second kappa shape index (κ2) is 7.84. The highest BCUT2D eigenvalue weighted by Crippen LogP contribution is 2.16. The van der Waals surface area contributed by atoms with Crippen LogP contribution in [0.1, 0.15) is 17.1 Å². The van der Waals surface area contributed by atoms with Crippen LogP contribution in [0, 0.1) is 13.8 Å². The van der Waals surface area contributed by atoms with Crippen molar-refractivity contribution in [3.63, 3.8) is 0 Å². The lowest BCUT2D eigenvalue weighted by molar-refractivity contribution is 0.259. The standard InChI is InChI=1S/C20H25N7/c1-16-4-3-5-18(23-16)7-8-25-10-12-26(13-11-25)19-14-20(22-15-21-19)27-9-6-17(2)24-27/h3-6,9,14-15H,7-8,10-13H2,1-2H3. The van der Waals surface area contributed by atoms with Crippen molar-refractivity contribution in [1.29, 1.82) is 0 Å². The Bertz CT molecular complexity index is 897. The summed E-state index contributed by atoms with van der Waals surface area (Å²) in [6.45, 7) is 9.07. The SMILES string of the molecule is Cc1cccc(CCN2CCN(c3cc(-n4ccc(C)n4)ncn3)CC2)n1. The van der Waals surface area contributed by atoms with Gasteiger partial charge in [0.25, 0.3) is 0 Å². The highest BCUT2D eigenvalue weighted by atomic mass is 15.3. The quantitative estimate of drug-likeness (QED) is 0.691. The first-order chi connectivity index (χ1) is 13.2. The van der Waals surface area contributed by atoms with Crippen molar-refractivity contribution in [2.45, 2.75) is 20.3 Å². The molecule has 0 N–H and O–H groups in total. The van der Waals surface area contributed by atoms with E-state index in [-0.39, 0.29) is 0 Å². The Kier molecular flexibility index (Phi) is 5.11. The largest absolute Gasteiger partial charge is 0.354 e. The molecule has 140 valence electrons. The van der Waals surface area contributed by atoms with Gasteiger partial charge < -0.3 is 4.90 Å². The van der Waals surface area contributed by atoms with Crippen molar-refractivity contribution in [2.24, 2.45) is 0 Å². The van der Waals surface area contributed by atoms with Crippen molar-refractivity contribution in [3.05, 3.63) is 59.9 Å². The van der Waals surface area contributed by atoms with E-state index in [2.05, 4.69) is 42.0 Å². The molecular weight excluding hydrogens is 338 g/mol. The zero-order valence-corrected chi connectivity index (χ0v) is 15.9. The summed E-state index contributed by atoms with van der Waals surface area (Å²) in [7, 11) is 0. The van der Waals surface area contributed by atoms with Crippen LogP contribution < -0.4 is 4.90 Å². The molecule has 7 heteroatoms. The lowest BCUT2D eigenvalue weighted by atomic mass is 10.2. The third-order valence-corrected chi connectivity index (χ3v) is 4.92. The minimum atomic E-state index is 0.807. The van der Waals surface area contributed by atoms with E-state index in [0.717, 1.165) is 62.2 Å². The van der Waals surface area contributed by atoms with Crippen LogP contribution in [0.15, 0.2) is 42.9 Å². The van der Waals surface area contributed by atoms with E-state index in [1.165, 1.54) is 5.69 Å². The van der Waals surface area contributed by atoms with Gasteiger partial charge in [-0.05, 0) is 32.0 Å². The second-order valence-electron chi connectivity index (χ2n) is 6.99. The topological polar surface area (TPSA) is 63.0 Å². The van der Waals surface area contributed by atoms with E-state index >= 15 is 0 Å². The Balaban J connectivity index is 1.34. The van der Waals surface area contributed by atoms with Crippen molar-refractivity contribution in [2.75, 3.05) is 37.6 Å². The van der Waals surface area contributed by atoms with Gasteiger partial charge in [0.05, 0.1) is 5.69 Å². The number of nitrogens with zero attached hydrogens (tertiary/aromatic N) is 7. The molecule has 7 nitrogen and oxygen atoms in total. The van der Waals surface area contributed by atoms with Gasteiger partial charge in [-0.2, -0.15) is 5.10 Å². The number of hydrogen-bond acceptors (Lipinski definition) is 6.